The average Bonchev–Trinajstić information content (AvgIpc) is 3.06. The van der Waals surface area contributed by atoms with E-state index in [2.05, 4.69) is 0 Å². The van der Waals surface area contributed by atoms with Gasteiger partial charge in [0.15, 0.2) is 24.8 Å². The van der Waals surface area contributed by atoms with Crippen molar-refractivity contribution in [1.82, 2.24) is 0 Å². The van der Waals surface area contributed by atoms with Crippen molar-refractivity contribution in [2.45, 2.75) is 0 Å². The summed E-state index contributed by atoms with van der Waals surface area (Å²) >= 11 is 2.87. The standard InChI is InChI=1S/C13H12O4S4/c14-20(15,7-3-12-1-5-18-9-12)11-21(16,17)8-4-13-2-6-19-10-13/h1-10H,11H2. The van der Waals surface area contributed by atoms with Gasteiger partial charge in [0.25, 0.3) is 0 Å². The van der Waals surface area contributed by atoms with Crippen LogP contribution in [0.15, 0.2) is 44.5 Å². The van der Waals surface area contributed by atoms with Gasteiger partial charge in [-0.25, -0.2) is 16.8 Å². The van der Waals surface area contributed by atoms with Crippen molar-refractivity contribution >= 4 is 54.5 Å². The maximum absolute atomic E-state index is 11.8. The van der Waals surface area contributed by atoms with E-state index < -0.39 is 24.8 Å². The summed E-state index contributed by atoms with van der Waals surface area (Å²) in [5.41, 5.74) is 1.46. The molecule has 0 bridgehead atoms. The molecule has 2 aromatic heterocycles. The monoisotopic (exact) mass is 360 g/mol. The Labute approximate surface area is 131 Å². The van der Waals surface area contributed by atoms with Gasteiger partial charge in [-0.3, -0.25) is 0 Å². The van der Waals surface area contributed by atoms with Gasteiger partial charge < -0.3 is 0 Å². The molecule has 0 unspecified atom stereocenters. The summed E-state index contributed by atoms with van der Waals surface area (Å²) in [5.74, 6) is 0. The van der Waals surface area contributed by atoms with Crippen LogP contribution < -0.4 is 0 Å². The maximum atomic E-state index is 11.8. The first-order chi connectivity index (χ1) is 9.86. The van der Waals surface area contributed by atoms with Gasteiger partial charge in [0.1, 0.15) is 0 Å². The van der Waals surface area contributed by atoms with Crippen molar-refractivity contribution in [1.29, 1.82) is 0 Å². The van der Waals surface area contributed by atoms with Crippen LogP contribution in [0.1, 0.15) is 11.1 Å². The molecule has 0 saturated heterocycles. The molecule has 0 spiro atoms. The van der Waals surface area contributed by atoms with Crippen molar-refractivity contribution in [2.75, 3.05) is 5.08 Å². The van der Waals surface area contributed by atoms with Crippen LogP contribution in [0.5, 0.6) is 0 Å². The summed E-state index contributed by atoms with van der Waals surface area (Å²) in [6.07, 6.45) is 2.79. The lowest BCUT2D eigenvalue weighted by atomic mass is 10.3. The molecule has 0 aliphatic heterocycles. The van der Waals surface area contributed by atoms with E-state index in [9.17, 15) is 16.8 Å². The Hall–Kier alpha value is -1.22. The minimum Gasteiger partial charge on any atom is -0.223 e. The molecule has 0 radical (unpaired) electrons. The molecular formula is C13H12O4S4. The van der Waals surface area contributed by atoms with Gasteiger partial charge >= 0.3 is 0 Å². The lowest BCUT2D eigenvalue weighted by molar-refractivity contribution is 0.598. The topological polar surface area (TPSA) is 68.3 Å². The van der Waals surface area contributed by atoms with E-state index in [0.29, 0.717) is 0 Å². The van der Waals surface area contributed by atoms with Crippen molar-refractivity contribution in [3.8, 4) is 0 Å². The summed E-state index contributed by atoms with van der Waals surface area (Å²) in [7, 11) is -7.64. The highest BCUT2D eigenvalue weighted by molar-refractivity contribution is 8.10. The van der Waals surface area contributed by atoms with E-state index in [1.54, 1.807) is 22.9 Å². The van der Waals surface area contributed by atoms with Crippen LogP contribution in [0.2, 0.25) is 0 Å². The molecule has 2 heterocycles. The second kappa shape index (κ2) is 6.69. The first-order valence-electron chi connectivity index (χ1n) is 5.72. The number of hydrogen-bond donors (Lipinski definition) is 0. The van der Waals surface area contributed by atoms with E-state index in [0.717, 1.165) is 21.9 Å². The minimum absolute atomic E-state index is 0.731. The fourth-order valence-corrected chi connectivity index (χ4v) is 5.86. The summed E-state index contributed by atoms with van der Waals surface area (Å²) in [4.78, 5) is 0. The predicted molar refractivity (Wildman–Crippen MR) is 89.4 cm³/mol. The van der Waals surface area contributed by atoms with Crippen LogP contribution in [-0.2, 0) is 19.7 Å². The third-order valence-corrected chi connectivity index (χ3v) is 7.48. The van der Waals surface area contributed by atoms with Crippen molar-refractivity contribution in [3.05, 3.63) is 55.6 Å². The highest BCUT2D eigenvalue weighted by Gasteiger charge is 2.17. The second-order valence-corrected chi connectivity index (χ2v) is 9.86. The Morgan fingerprint density at radius 2 is 1.24 bits per heavy atom. The molecule has 0 aliphatic rings. The van der Waals surface area contributed by atoms with E-state index in [1.807, 2.05) is 10.8 Å². The predicted octanol–water partition coefficient (Wildman–Crippen LogP) is 3.24. The van der Waals surface area contributed by atoms with Crippen LogP contribution in [0.4, 0.5) is 0 Å². The zero-order valence-electron chi connectivity index (χ0n) is 10.7. The molecule has 0 fully saturated rings. The Morgan fingerprint density at radius 3 is 1.57 bits per heavy atom. The largest absolute Gasteiger partial charge is 0.223 e. The highest BCUT2D eigenvalue weighted by atomic mass is 32.3. The van der Waals surface area contributed by atoms with E-state index in [4.69, 9.17) is 0 Å². The number of rotatable bonds is 6. The Kier molecular flexibility index (Phi) is 5.15. The highest BCUT2D eigenvalue weighted by Crippen LogP contribution is 2.12. The van der Waals surface area contributed by atoms with Gasteiger partial charge in [0, 0.05) is 10.8 Å². The minimum atomic E-state index is -3.82. The first kappa shape index (κ1) is 16.2. The summed E-state index contributed by atoms with van der Waals surface area (Å²) in [5, 5.41) is 8.12. The summed E-state index contributed by atoms with van der Waals surface area (Å²) in [6, 6.07) is 3.50. The molecule has 2 rings (SSSR count). The third kappa shape index (κ3) is 5.58. The SMILES string of the molecule is O=S(=O)(C=Cc1ccsc1)CS(=O)(=O)C=Cc1ccsc1. The fraction of sp³-hybridized carbons (Fsp3) is 0.0769. The lowest BCUT2D eigenvalue weighted by Gasteiger charge is -1.97. The molecule has 112 valence electrons. The lowest BCUT2D eigenvalue weighted by Crippen LogP contribution is -2.11. The van der Waals surface area contributed by atoms with Crippen LogP contribution in [-0.4, -0.2) is 21.9 Å². The van der Waals surface area contributed by atoms with Gasteiger partial charge in [0.2, 0.25) is 0 Å². The molecule has 21 heavy (non-hydrogen) atoms. The van der Waals surface area contributed by atoms with E-state index in [1.165, 1.54) is 34.8 Å². The van der Waals surface area contributed by atoms with Crippen LogP contribution in [0.3, 0.4) is 0 Å². The normalized spacial score (nSPS) is 13.3. The molecule has 0 atom stereocenters. The average molecular weight is 361 g/mol. The zero-order chi connectivity index (χ0) is 15.3. The molecule has 0 aromatic carbocycles. The van der Waals surface area contributed by atoms with Gasteiger partial charge in [-0.05, 0) is 56.9 Å². The number of thiophene rings is 2. The zero-order valence-corrected chi connectivity index (χ0v) is 14.0. The summed E-state index contributed by atoms with van der Waals surface area (Å²) in [6.45, 7) is 0. The molecule has 0 amide bonds. The number of sulfone groups is 2. The van der Waals surface area contributed by atoms with Crippen molar-refractivity contribution < 1.29 is 16.8 Å². The molecule has 4 nitrogen and oxygen atoms in total. The molecule has 8 heteroatoms. The second-order valence-electron chi connectivity index (χ2n) is 4.16. The van der Waals surface area contributed by atoms with Crippen molar-refractivity contribution in [3.63, 3.8) is 0 Å². The Morgan fingerprint density at radius 1 is 0.810 bits per heavy atom. The maximum Gasteiger partial charge on any atom is 0.186 e. The molecule has 2 aromatic rings. The van der Waals surface area contributed by atoms with Crippen LogP contribution >= 0.6 is 22.7 Å². The fourth-order valence-electron chi connectivity index (χ4n) is 1.41. The van der Waals surface area contributed by atoms with Gasteiger partial charge in [-0.15, -0.1) is 0 Å². The van der Waals surface area contributed by atoms with Gasteiger partial charge in [0.05, 0.1) is 0 Å². The smallest absolute Gasteiger partial charge is 0.186 e. The molecule has 0 N–H and O–H groups in total. The van der Waals surface area contributed by atoms with Gasteiger partial charge in [-0.1, -0.05) is 0 Å². The number of hydrogen-bond acceptors (Lipinski definition) is 6. The molecular weight excluding hydrogens is 348 g/mol. The van der Waals surface area contributed by atoms with Gasteiger partial charge in [-0.2, -0.15) is 22.7 Å². The molecule has 0 saturated carbocycles. The quantitative estimate of drug-likeness (QED) is 0.793. The van der Waals surface area contributed by atoms with Crippen LogP contribution in [0, 0.1) is 0 Å². The third-order valence-electron chi connectivity index (χ3n) is 2.35. The van der Waals surface area contributed by atoms with E-state index >= 15 is 0 Å². The van der Waals surface area contributed by atoms with Crippen molar-refractivity contribution in [2.24, 2.45) is 0 Å². The summed E-state index contributed by atoms with van der Waals surface area (Å²) < 4.78 is 47.2. The molecule has 0 aliphatic carbocycles. The first-order valence-corrected chi connectivity index (χ1v) is 11.0. The Balaban J connectivity index is 2.08. The van der Waals surface area contributed by atoms with Crippen LogP contribution in [0.25, 0.3) is 12.2 Å². The van der Waals surface area contributed by atoms with E-state index in [-0.39, 0.29) is 0 Å². The Bertz CT molecular complexity index is 752.